The van der Waals surface area contributed by atoms with Crippen molar-refractivity contribution in [2.75, 3.05) is 13.6 Å². The van der Waals surface area contributed by atoms with Gasteiger partial charge in [-0.2, -0.15) is 0 Å². The van der Waals surface area contributed by atoms with Crippen molar-refractivity contribution in [3.63, 3.8) is 0 Å². The highest BCUT2D eigenvalue weighted by atomic mass is 32.2. The predicted octanol–water partition coefficient (Wildman–Crippen LogP) is 1.42. The van der Waals surface area contributed by atoms with Crippen molar-refractivity contribution < 1.29 is 8.42 Å². The van der Waals surface area contributed by atoms with Gasteiger partial charge in [-0.1, -0.05) is 32.6 Å². The molecule has 0 amide bonds. The van der Waals surface area contributed by atoms with Crippen LogP contribution >= 0.6 is 0 Å². The van der Waals surface area contributed by atoms with Crippen molar-refractivity contribution >= 4 is 10.9 Å². The van der Waals surface area contributed by atoms with Gasteiger partial charge in [0.1, 0.15) is 0 Å². The molecule has 0 aromatic rings. The lowest BCUT2D eigenvalue weighted by atomic mass is 10.1. The van der Waals surface area contributed by atoms with Gasteiger partial charge in [-0.15, -0.1) is 0 Å². The summed E-state index contributed by atoms with van der Waals surface area (Å²) in [7, 11) is -0.736. The molecule has 0 aromatic carbocycles. The van der Waals surface area contributed by atoms with Crippen molar-refractivity contribution in [3.8, 4) is 0 Å². The lowest BCUT2D eigenvalue weighted by molar-refractivity contribution is 0.465. The summed E-state index contributed by atoms with van der Waals surface area (Å²) in [4.78, 5) is 0. The fraction of sp³-hybridized carbons (Fsp3) is 1.00. The monoisotopic (exact) mass is 193 g/mol. The molecule has 0 aromatic heterocycles. The molecule has 0 radical (unpaired) electrons. The molecule has 0 aliphatic rings. The van der Waals surface area contributed by atoms with E-state index in [9.17, 15) is 8.42 Å². The van der Waals surface area contributed by atoms with E-state index < -0.39 is 10.9 Å². The smallest absolute Gasteiger partial charge is 0.203 e. The number of unbranched alkanes of at least 4 members (excludes halogenated alkanes) is 4. The zero-order valence-corrected chi connectivity index (χ0v) is 8.85. The van der Waals surface area contributed by atoms with E-state index in [4.69, 9.17) is 0 Å². The van der Waals surface area contributed by atoms with Crippen LogP contribution in [0.5, 0.6) is 0 Å². The maximum absolute atomic E-state index is 10.4. The van der Waals surface area contributed by atoms with Gasteiger partial charge in [0.15, 0.2) is 0 Å². The summed E-state index contributed by atoms with van der Waals surface area (Å²) >= 11 is 0. The molecule has 0 rings (SSSR count). The molecule has 3 nitrogen and oxygen atoms in total. The largest absolute Gasteiger partial charge is 0.215 e. The molecule has 0 spiro atoms. The van der Waals surface area contributed by atoms with Crippen molar-refractivity contribution in [2.24, 2.45) is 0 Å². The number of rotatable bonds is 7. The first-order valence-electron chi connectivity index (χ1n) is 4.54. The van der Waals surface area contributed by atoms with Gasteiger partial charge in [0.05, 0.1) is 0 Å². The van der Waals surface area contributed by atoms with Crippen LogP contribution in [-0.4, -0.2) is 26.3 Å². The molecule has 0 heterocycles. The second-order valence-electron chi connectivity index (χ2n) is 3.03. The molecular formula is C8H19NO2S. The van der Waals surface area contributed by atoms with Crippen LogP contribution < -0.4 is 0 Å². The Morgan fingerprint density at radius 2 is 1.67 bits per heavy atom. The molecule has 0 saturated carbocycles. The van der Waals surface area contributed by atoms with Crippen molar-refractivity contribution in [1.82, 2.24) is 4.31 Å². The predicted molar refractivity (Wildman–Crippen MR) is 51.7 cm³/mol. The summed E-state index contributed by atoms with van der Waals surface area (Å²) in [6.07, 6.45) is 5.83. The standard InChI is InChI=1S/C8H19NO2S/c1-3-4-5-6-7-8-9(2)12(10)11/h12H,3-8H2,1-2H3. The molecule has 4 heteroatoms. The molecule has 0 N–H and O–H groups in total. The highest BCUT2D eigenvalue weighted by Gasteiger charge is 1.97. The van der Waals surface area contributed by atoms with Crippen LogP contribution in [-0.2, 0) is 10.9 Å². The number of nitrogens with zero attached hydrogens (tertiary/aromatic N) is 1. The quantitative estimate of drug-likeness (QED) is 0.490. The van der Waals surface area contributed by atoms with Gasteiger partial charge in [0.25, 0.3) is 0 Å². The van der Waals surface area contributed by atoms with Gasteiger partial charge in [0, 0.05) is 13.6 Å². The second kappa shape index (κ2) is 7.55. The van der Waals surface area contributed by atoms with Crippen LogP contribution in [0.15, 0.2) is 0 Å². The van der Waals surface area contributed by atoms with Gasteiger partial charge in [-0.05, 0) is 6.42 Å². The Bertz CT molecular complexity index is 160. The van der Waals surface area contributed by atoms with E-state index in [-0.39, 0.29) is 0 Å². The summed E-state index contributed by atoms with van der Waals surface area (Å²) in [5, 5.41) is 0. The molecule has 0 aliphatic carbocycles. The Morgan fingerprint density at radius 1 is 1.08 bits per heavy atom. The average Bonchev–Trinajstić information content (AvgIpc) is 2.03. The third-order valence-electron chi connectivity index (χ3n) is 1.86. The van der Waals surface area contributed by atoms with Crippen LogP contribution in [0.25, 0.3) is 0 Å². The average molecular weight is 193 g/mol. The summed E-state index contributed by atoms with van der Waals surface area (Å²) in [5.41, 5.74) is 0. The Balaban J connectivity index is 3.20. The minimum absolute atomic E-state index is 0.669. The fourth-order valence-electron chi connectivity index (χ4n) is 1.03. The van der Waals surface area contributed by atoms with Gasteiger partial charge < -0.3 is 0 Å². The number of hydrogen-bond acceptors (Lipinski definition) is 2. The van der Waals surface area contributed by atoms with E-state index in [1.54, 1.807) is 7.05 Å². The van der Waals surface area contributed by atoms with Gasteiger partial charge in [-0.25, -0.2) is 12.7 Å². The molecule has 0 atom stereocenters. The van der Waals surface area contributed by atoms with Crippen LogP contribution in [0.4, 0.5) is 0 Å². The van der Waals surface area contributed by atoms with E-state index in [0.717, 1.165) is 12.8 Å². The Labute approximate surface area is 76.8 Å². The Hall–Kier alpha value is -0.0900. The summed E-state index contributed by atoms with van der Waals surface area (Å²) in [5.74, 6) is 0. The van der Waals surface area contributed by atoms with Crippen molar-refractivity contribution in [1.29, 1.82) is 0 Å². The molecule has 74 valence electrons. The van der Waals surface area contributed by atoms with Crippen LogP contribution in [0.3, 0.4) is 0 Å². The van der Waals surface area contributed by atoms with Gasteiger partial charge in [-0.3, -0.25) is 0 Å². The first kappa shape index (κ1) is 11.9. The highest BCUT2D eigenvalue weighted by molar-refractivity contribution is 7.69. The van der Waals surface area contributed by atoms with Crippen molar-refractivity contribution in [3.05, 3.63) is 0 Å². The lowest BCUT2D eigenvalue weighted by Gasteiger charge is -2.07. The molecule has 0 fully saturated rings. The maximum atomic E-state index is 10.4. The van der Waals surface area contributed by atoms with E-state index >= 15 is 0 Å². The lowest BCUT2D eigenvalue weighted by Crippen LogP contribution is -2.17. The SMILES string of the molecule is CCCCCCCN(C)[SH](=O)=O. The Morgan fingerprint density at radius 3 is 2.17 bits per heavy atom. The first-order valence-corrected chi connectivity index (χ1v) is 5.67. The minimum atomic E-state index is -2.35. The van der Waals surface area contributed by atoms with E-state index in [2.05, 4.69) is 6.92 Å². The molecule has 0 bridgehead atoms. The zero-order valence-electron chi connectivity index (χ0n) is 7.95. The topological polar surface area (TPSA) is 37.4 Å². The number of hydrogen-bond donors (Lipinski definition) is 1. The van der Waals surface area contributed by atoms with Crippen LogP contribution in [0, 0.1) is 0 Å². The van der Waals surface area contributed by atoms with E-state index in [1.165, 1.54) is 23.6 Å². The Kier molecular flexibility index (Phi) is 7.50. The van der Waals surface area contributed by atoms with Crippen molar-refractivity contribution in [2.45, 2.75) is 39.0 Å². The minimum Gasteiger partial charge on any atom is -0.215 e. The maximum Gasteiger partial charge on any atom is 0.203 e. The summed E-state index contributed by atoms with van der Waals surface area (Å²) in [6.45, 7) is 2.84. The third kappa shape index (κ3) is 6.61. The molecule has 0 aliphatic heterocycles. The molecule has 12 heavy (non-hydrogen) atoms. The van der Waals surface area contributed by atoms with Crippen LogP contribution in [0.1, 0.15) is 39.0 Å². The zero-order chi connectivity index (χ0) is 9.40. The normalized spacial score (nSPS) is 11.3. The fourth-order valence-corrected chi connectivity index (χ4v) is 1.33. The molecule has 0 saturated heterocycles. The van der Waals surface area contributed by atoms with Gasteiger partial charge >= 0.3 is 0 Å². The summed E-state index contributed by atoms with van der Waals surface area (Å²) in [6, 6.07) is 0. The molecular weight excluding hydrogens is 174 g/mol. The van der Waals surface area contributed by atoms with E-state index in [0.29, 0.717) is 6.54 Å². The highest BCUT2D eigenvalue weighted by Crippen LogP contribution is 2.02. The van der Waals surface area contributed by atoms with Crippen LogP contribution in [0.2, 0.25) is 0 Å². The third-order valence-corrected chi connectivity index (χ3v) is 2.62. The first-order chi connectivity index (χ1) is 5.68. The molecule has 0 unspecified atom stereocenters. The summed E-state index contributed by atoms with van der Waals surface area (Å²) < 4.78 is 22.1. The van der Waals surface area contributed by atoms with E-state index in [1.807, 2.05) is 0 Å². The van der Waals surface area contributed by atoms with Gasteiger partial charge in [0.2, 0.25) is 10.9 Å². The second-order valence-corrected chi connectivity index (χ2v) is 4.19. The number of thiol groups is 1.